The van der Waals surface area contributed by atoms with Crippen LogP contribution >= 0.6 is 0 Å². The van der Waals surface area contributed by atoms with E-state index in [9.17, 15) is 0 Å². The zero-order chi connectivity index (χ0) is 12.1. The molecule has 4 heteroatoms. The predicted molar refractivity (Wildman–Crippen MR) is 68.4 cm³/mol. The third-order valence-electron chi connectivity index (χ3n) is 2.06. The van der Waals surface area contributed by atoms with Crippen LogP contribution in [0, 0.1) is 12.3 Å². The van der Waals surface area contributed by atoms with Crippen LogP contribution in [0.3, 0.4) is 0 Å². The molecule has 0 spiro atoms. The molecule has 0 atom stereocenters. The lowest BCUT2D eigenvalue weighted by Crippen LogP contribution is -2.13. The van der Waals surface area contributed by atoms with E-state index in [1.807, 2.05) is 31.2 Å². The van der Waals surface area contributed by atoms with Crippen molar-refractivity contribution in [2.45, 2.75) is 20.8 Å². The summed E-state index contributed by atoms with van der Waals surface area (Å²) < 4.78 is 0. The fraction of sp³-hybridized carbons (Fsp3) is 0.250. The number of hydrogen-bond acceptors (Lipinski definition) is 3. The van der Waals surface area contributed by atoms with Crippen LogP contribution in [0.5, 0.6) is 0 Å². The topological polar surface area (TPSA) is 74.6 Å². The molecule has 0 amide bonds. The van der Waals surface area contributed by atoms with Crippen molar-refractivity contribution in [3.63, 3.8) is 0 Å². The summed E-state index contributed by atoms with van der Waals surface area (Å²) in [7, 11) is 0. The van der Waals surface area contributed by atoms with Crippen molar-refractivity contribution in [2.24, 2.45) is 15.9 Å². The normalized spacial score (nSPS) is 12.7. The molecule has 0 saturated heterocycles. The molecule has 0 bridgehead atoms. The maximum atomic E-state index is 7.69. The second kappa shape index (κ2) is 5.21. The van der Waals surface area contributed by atoms with Crippen LogP contribution in [0.15, 0.2) is 34.5 Å². The summed E-state index contributed by atoms with van der Waals surface area (Å²) >= 11 is 0. The third-order valence-corrected chi connectivity index (χ3v) is 2.06. The quantitative estimate of drug-likeness (QED) is 0.453. The van der Waals surface area contributed by atoms with Crippen LogP contribution in [0.25, 0.3) is 0 Å². The van der Waals surface area contributed by atoms with Gasteiger partial charge in [0.15, 0.2) is 0 Å². The number of nitrogens with two attached hydrogens (primary N) is 1. The molecular weight excluding hydrogens is 200 g/mol. The van der Waals surface area contributed by atoms with Gasteiger partial charge in [-0.25, -0.2) is 0 Å². The molecule has 0 radical (unpaired) electrons. The lowest BCUT2D eigenvalue weighted by atomic mass is 10.0. The molecule has 0 aliphatic rings. The minimum atomic E-state index is 0.374. The van der Waals surface area contributed by atoms with Gasteiger partial charge in [0.05, 0.1) is 5.71 Å². The second-order valence-corrected chi connectivity index (χ2v) is 3.63. The van der Waals surface area contributed by atoms with Gasteiger partial charge in [-0.1, -0.05) is 24.3 Å². The van der Waals surface area contributed by atoms with Gasteiger partial charge in [-0.15, -0.1) is 10.2 Å². The summed E-state index contributed by atoms with van der Waals surface area (Å²) in [5.74, 6) is 0.382. The van der Waals surface area contributed by atoms with Gasteiger partial charge in [0, 0.05) is 5.56 Å². The van der Waals surface area contributed by atoms with Crippen molar-refractivity contribution in [1.29, 1.82) is 5.41 Å². The summed E-state index contributed by atoms with van der Waals surface area (Å²) in [5, 5.41) is 15.5. The first-order valence-corrected chi connectivity index (χ1v) is 5.01. The minimum absolute atomic E-state index is 0.374. The molecule has 1 aromatic rings. The number of nitrogens with zero attached hydrogens (tertiary/aromatic N) is 2. The van der Waals surface area contributed by atoms with E-state index in [1.54, 1.807) is 13.8 Å². The average molecular weight is 216 g/mol. The Morgan fingerprint density at radius 3 is 2.31 bits per heavy atom. The van der Waals surface area contributed by atoms with Gasteiger partial charge < -0.3 is 11.1 Å². The van der Waals surface area contributed by atoms with Crippen molar-refractivity contribution >= 4 is 17.3 Å². The fourth-order valence-corrected chi connectivity index (χ4v) is 1.30. The van der Waals surface area contributed by atoms with E-state index in [2.05, 4.69) is 10.2 Å². The number of aryl methyl sites for hydroxylation is 1. The molecule has 0 heterocycles. The van der Waals surface area contributed by atoms with Gasteiger partial charge in [0.25, 0.3) is 0 Å². The molecule has 1 aromatic carbocycles. The highest BCUT2D eigenvalue weighted by molar-refractivity contribution is 6.46. The highest BCUT2D eigenvalue weighted by Crippen LogP contribution is 2.09. The van der Waals surface area contributed by atoms with Crippen molar-refractivity contribution in [3.05, 3.63) is 35.4 Å². The number of hydrogen-bond donors (Lipinski definition) is 2. The van der Waals surface area contributed by atoms with Gasteiger partial charge in [-0.2, -0.15) is 0 Å². The van der Waals surface area contributed by atoms with Crippen LogP contribution in [0.1, 0.15) is 25.0 Å². The first kappa shape index (κ1) is 12.1. The zero-order valence-electron chi connectivity index (χ0n) is 9.78. The van der Waals surface area contributed by atoms with Crippen LogP contribution in [-0.2, 0) is 0 Å². The molecule has 1 rings (SSSR count). The molecule has 0 unspecified atom stereocenters. The number of rotatable bonds is 3. The van der Waals surface area contributed by atoms with E-state index in [0.717, 1.165) is 11.1 Å². The maximum Gasteiger partial charge on any atom is 0.119 e. The minimum Gasteiger partial charge on any atom is -0.386 e. The number of nitrogens with one attached hydrogen (secondary N) is 1. The molecule has 84 valence electrons. The lowest BCUT2D eigenvalue weighted by molar-refractivity contribution is 1.21. The largest absolute Gasteiger partial charge is 0.386 e. The SMILES string of the molecule is CC(=N)/C(=N/N=C(C)N)c1ccccc1C. The molecule has 0 aliphatic carbocycles. The van der Waals surface area contributed by atoms with Crippen LogP contribution in [0.4, 0.5) is 0 Å². The van der Waals surface area contributed by atoms with E-state index in [1.165, 1.54) is 0 Å². The van der Waals surface area contributed by atoms with E-state index >= 15 is 0 Å². The number of amidine groups is 1. The first-order valence-electron chi connectivity index (χ1n) is 5.01. The van der Waals surface area contributed by atoms with Crippen molar-refractivity contribution in [3.8, 4) is 0 Å². The Morgan fingerprint density at radius 1 is 1.19 bits per heavy atom. The van der Waals surface area contributed by atoms with Crippen molar-refractivity contribution < 1.29 is 0 Å². The summed E-state index contributed by atoms with van der Waals surface area (Å²) in [4.78, 5) is 0. The van der Waals surface area contributed by atoms with Crippen LogP contribution in [-0.4, -0.2) is 17.3 Å². The monoisotopic (exact) mass is 216 g/mol. The summed E-state index contributed by atoms with van der Waals surface area (Å²) in [6.07, 6.45) is 0. The molecule has 3 N–H and O–H groups in total. The predicted octanol–water partition coefficient (Wildman–Crippen LogP) is 2.12. The van der Waals surface area contributed by atoms with E-state index < -0.39 is 0 Å². The average Bonchev–Trinajstić information content (AvgIpc) is 2.20. The Balaban J connectivity index is 3.24. The maximum absolute atomic E-state index is 7.69. The molecular formula is C12H16N4. The Bertz CT molecular complexity index is 454. The van der Waals surface area contributed by atoms with E-state index in [-0.39, 0.29) is 0 Å². The smallest absolute Gasteiger partial charge is 0.119 e. The zero-order valence-corrected chi connectivity index (χ0v) is 9.78. The highest BCUT2D eigenvalue weighted by atomic mass is 15.2. The summed E-state index contributed by atoms with van der Waals surface area (Å²) in [6, 6.07) is 7.77. The van der Waals surface area contributed by atoms with Gasteiger partial charge in [0.2, 0.25) is 0 Å². The lowest BCUT2D eigenvalue weighted by Gasteiger charge is -2.06. The molecule has 0 aliphatic heterocycles. The highest BCUT2D eigenvalue weighted by Gasteiger charge is 2.08. The van der Waals surface area contributed by atoms with Gasteiger partial charge in [-0.05, 0) is 26.3 Å². The molecule has 0 aromatic heterocycles. The Labute approximate surface area is 95.4 Å². The molecule has 0 saturated carbocycles. The van der Waals surface area contributed by atoms with Gasteiger partial charge >= 0.3 is 0 Å². The summed E-state index contributed by atoms with van der Waals surface area (Å²) in [5.41, 5.74) is 8.35. The van der Waals surface area contributed by atoms with Crippen LogP contribution < -0.4 is 5.73 Å². The van der Waals surface area contributed by atoms with Crippen LogP contribution in [0.2, 0.25) is 0 Å². The van der Waals surface area contributed by atoms with Gasteiger partial charge in [-0.3, -0.25) is 0 Å². The Kier molecular flexibility index (Phi) is 3.94. The van der Waals surface area contributed by atoms with E-state index in [0.29, 0.717) is 17.3 Å². The van der Waals surface area contributed by atoms with Crippen molar-refractivity contribution in [1.82, 2.24) is 0 Å². The Morgan fingerprint density at radius 2 is 1.81 bits per heavy atom. The number of benzene rings is 1. The Hall–Kier alpha value is -1.97. The van der Waals surface area contributed by atoms with Crippen molar-refractivity contribution in [2.75, 3.05) is 0 Å². The molecule has 0 fully saturated rings. The molecule has 16 heavy (non-hydrogen) atoms. The van der Waals surface area contributed by atoms with Gasteiger partial charge in [0.1, 0.15) is 11.5 Å². The third kappa shape index (κ3) is 3.02. The van der Waals surface area contributed by atoms with E-state index in [4.69, 9.17) is 11.1 Å². The first-order chi connectivity index (χ1) is 7.52. The summed E-state index contributed by atoms with van der Waals surface area (Å²) in [6.45, 7) is 5.33. The second-order valence-electron chi connectivity index (χ2n) is 3.63. The molecule has 4 nitrogen and oxygen atoms in total. The standard InChI is InChI=1S/C12H16N4/c1-8-6-4-5-7-11(8)12(9(2)13)16-15-10(3)14/h4-7,13H,1-3H3,(H2,14,15)/b13-9?,16-12-. The fourth-order valence-electron chi connectivity index (χ4n) is 1.30.